The highest BCUT2D eigenvalue weighted by atomic mass is 79.9. The minimum absolute atomic E-state index is 0.371. The van der Waals surface area contributed by atoms with Gasteiger partial charge in [0.25, 0.3) is 0 Å². The van der Waals surface area contributed by atoms with Crippen molar-refractivity contribution in [1.29, 1.82) is 0 Å². The van der Waals surface area contributed by atoms with Gasteiger partial charge in [-0.05, 0) is 39.5 Å². The van der Waals surface area contributed by atoms with Gasteiger partial charge in [0.2, 0.25) is 0 Å². The van der Waals surface area contributed by atoms with Crippen LogP contribution in [0.2, 0.25) is 0 Å². The van der Waals surface area contributed by atoms with Gasteiger partial charge in [0.1, 0.15) is 5.75 Å². The van der Waals surface area contributed by atoms with Crippen LogP contribution < -0.4 is 4.74 Å². The summed E-state index contributed by atoms with van der Waals surface area (Å²) in [5.74, 6) is 8.10. The zero-order valence-electron chi connectivity index (χ0n) is 10.9. The normalized spacial score (nSPS) is 13.5. The Kier molecular flexibility index (Phi) is 5.58. The molecule has 1 rings (SSSR count). The number of benzene rings is 1. The fraction of sp³-hybridized carbons (Fsp3) is 0.467. The molecule has 0 aliphatic heterocycles. The molecule has 1 aromatic carbocycles. The third-order valence-electron chi connectivity index (χ3n) is 2.96. The summed E-state index contributed by atoms with van der Waals surface area (Å²) in [6.07, 6.45) is 0.920. The fourth-order valence-corrected chi connectivity index (χ4v) is 2.20. The third kappa shape index (κ3) is 3.78. The topological polar surface area (TPSA) is 9.23 Å². The lowest BCUT2D eigenvalue weighted by Gasteiger charge is -2.16. The lowest BCUT2D eigenvalue weighted by Crippen LogP contribution is -2.04. The number of hydrogen-bond acceptors (Lipinski definition) is 1. The molecule has 0 aliphatic carbocycles. The first-order valence-electron chi connectivity index (χ1n) is 5.92. The molecule has 92 valence electrons. The van der Waals surface area contributed by atoms with E-state index in [2.05, 4.69) is 60.7 Å². The van der Waals surface area contributed by atoms with Crippen LogP contribution in [0.3, 0.4) is 0 Å². The molecule has 0 aromatic heterocycles. The Balaban J connectivity index is 2.89. The summed E-state index contributed by atoms with van der Waals surface area (Å²) in [5.41, 5.74) is 1.29. The summed E-state index contributed by atoms with van der Waals surface area (Å²) in [6, 6.07) is 6.22. The van der Waals surface area contributed by atoms with Crippen molar-refractivity contribution in [2.75, 3.05) is 7.11 Å². The van der Waals surface area contributed by atoms with Crippen molar-refractivity contribution in [2.45, 2.75) is 33.1 Å². The van der Waals surface area contributed by atoms with Crippen molar-refractivity contribution in [3.63, 3.8) is 0 Å². The first-order chi connectivity index (χ1) is 8.10. The van der Waals surface area contributed by atoms with Crippen LogP contribution in [0, 0.1) is 17.8 Å². The third-order valence-corrected chi connectivity index (χ3v) is 3.58. The van der Waals surface area contributed by atoms with Gasteiger partial charge >= 0.3 is 0 Å². The molecule has 2 unspecified atom stereocenters. The lowest BCUT2D eigenvalue weighted by molar-refractivity contribution is 0.411. The fourth-order valence-electron chi connectivity index (χ4n) is 1.64. The van der Waals surface area contributed by atoms with E-state index in [4.69, 9.17) is 4.74 Å². The highest BCUT2D eigenvalue weighted by molar-refractivity contribution is 9.10. The Morgan fingerprint density at radius 1 is 1.35 bits per heavy atom. The van der Waals surface area contributed by atoms with Crippen molar-refractivity contribution in [3.05, 3.63) is 28.2 Å². The quantitative estimate of drug-likeness (QED) is 0.740. The molecule has 0 saturated heterocycles. The van der Waals surface area contributed by atoms with E-state index in [1.54, 1.807) is 7.11 Å². The summed E-state index contributed by atoms with van der Waals surface area (Å²) in [4.78, 5) is 0. The van der Waals surface area contributed by atoms with Gasteiger partial charge < -0.3 is 4.74 Å². The minimum Gasteiger partial charge on any atom is -0.496 e. The van der Waals surface area contributed by atoms with E-state index in [9.17, 15) is 0 Å². The van der Waals surface area contributed by atoms with Crippen molar-refractivity contribution in [2.24, 2.45) is 5.92 Å². The molecular formula is C15H19BrO. The van der Waals surface area contributed by atoms with Gasteiger partial charge in [-0.3, -0.25) is 0 Å². The second kappa shape index (κ2) is 6.71. The highest BCUT2D eigenvalue weighted by Crippen LogP contribution is 2.31. The van der Waals surface area contributed by atoms with E-state index < -0.39 is 0 Å². The Hall–Kier alpha value is -0.940. The summed E-state index contributed by atoms with van der Waals surface area (Å²) in [6.45, 7) is 6.46. The van der Waals surface area contributed by atoms with E-state index in [-0.39, 0.29) is 0 Å². The maximum absolute atomic E-state index is 5.23. The van der Waals surface area contributed by atoms with Crippen LogP contribution in [0.25, 0.3) is 0 Å². The van der Waals surface area contributed by atoms with Crippen LogP contribution in [0.15, 0.2) is 22.7 Å². The van der Waals surface area contributed by atoms with Crippen molar-refractivity contribution in [3.8, 4) is 17.6 Å². The highest BCUT2D eigenvalue weighted by Gasteiger charge is 2.13. The number of hydrogen-bond donors (Lipinski definition) is 0. The van der Waals surface area contributed by atoms with Crippen LogP contribution in [0.4, 0.5) is 0 Å². The number of methoxy groups -OCH3 is 1. The number of rotatable bonds is 3. The summed E-state index contributed by atoms with van der Waals surface area (Å²) in [5, 5.41) is 0. The minimum atomic E-state index is 0.371. The molecule has 1 aromatic rings. The predicted molar refractivity (Wildman–Crippen MR) is 76.3 cm³/mol. The average Bonchev–Trinajstić information content (AvgIpc) is 2.34. The van der Waals surface area contributed by atoms with Gasteiger partial charge in [0.05, 0.1) is 11.6 Å². The van der Waals surface area contributed by atoms with Gasteiger partial charge in [-0.2, -0.15) is 0 Å². The van der Waals surface area contributed by atoms with E-state index >= 15 is 0 Å². The smallest absolute Gasteiger partial charge is 0.133 e. The SMILES string of the molecule is CCC#CC(C)C(C)c1ccc(OC)c(Br)c1. The van der Waals surface area contributed by atoms with E-state index in [0.29, 0.717) is 11.8 Å². The predicted octanol–water partition coefficient (Wildman–Crippen LogP) is 4.61. The van der Waals surface area contributed by atoms with Crippen molar-refractivity contribution in [1.82, 2.24) is 0 Å². The largest absolute Gasteiger partial charge is 0.496 e. The Bertz CT molecular complexity index is 428. The molecular weight excluding hydrogens is 276 g/mol. The van der Waals surface area contributed by atoms with Crippen LogP contribution in [0.5, 0.6) is 5.75 Å². The second-order valence-electron chi connectivity index (χ2n) is 4.15. The molecule has 0 radical (unpaired) electrons. The Morgan fingerprint density at radius 3 is 2.59 bits per heavy atom. The first-order valence-corrected chi connectivity index (χ1v) is 6.71. The van der Waals surface area contributed by atoms with Gasteiger partial charge in [-0.1, -0.05) is 32.8 Å². The van der Waals surface area contributed by atoms with Gasteiger partial charge in [-0.25, -0.2) is 0 Å². The van der Waals surface area contributed by atoms with E-state index in [1.807, 2.05) is 6.07 Å². The molecule has 0 bridgehead atoms. The Morgan fingerprint density at radius 2 is 2.06 bits per heavy atom. The van der Waals surface area contributed by atoms with Crippen LogP contribution in [0.1, 0.15) is 38.7 Å². The van der Waals surface area contributed by atoms with Crippen LogP contribution in [-0.4, -0.2) is 7.11 Å². The molecule has 0 spiro atoms. The number of ether oxygens (including phenoxy) is 1. The van der Waals surface area contributed by atoms with Crippen molar-refractivity contribution >= 4 is 15.9 Å². The van der Waals surface area contributed by atoms with E-state index in [0.717, 1.165) is 16.6 Å². The summed E-state index contributed by atoms with van der Waals surface area (Å²) >= 11 is 3.52. The van der Waals surface area contributed by atoms with Crippen LogP contribution in [-0.2, 0) is 0 Å². The lowest BCUT2D eigenvalue weighted by atomic mass is 9.89. The molecule has 0 fully saturated rings. The molecule has 17 heavy (non-hydrogen) atoms. The molecule has 0 N–H and O–H groups in total. The average molecular weight is 295 g/mol. The molecule has 0 saturated carbocycles. The molecule has 2 atom stereocenters. The zero-order valence-corrected chi connectivity index (χ0v) is 12.5. The van der Waals surface area contributed by atoms with Gasteiger partial charge in [0.15, 0.2) is 0 Å². The molecule has 2 heteroatoms. The molecule has 0 amide bonds. The standard InChI is InChI=1S/C15H19BrO/c1-5-6-7-11(2)12(3)13-8-9-15(17-4)14(16)10-13/h8-12H,5H2,1-4H3. The summed E-state index contributed by atoms with van der Waals surface area (Å²) in [7, 11) is 1.68. The summed E-state index contributed by atoms with van der Waals surface area (Å²) < 4.78 is 6.23. The van der Waals surface area contributed by atoms with Crippen molar-refractivity contribution < 1.29 is 4.74 Å². The number of halogens is 1. The van der Waals surface area contributed by atoms with Crippen LogP contribution >= 0.6 is 15.9 Å². The van der Waals surface area contributed by atoms with Gasteiger partial charge in [-0.15, -0.1) is 5.92 Å². The molecule has 0 aliphatic rings. The van der Waals surface area contributed by atoms with E-state index in [1.165, 1.54) is 5.56 Å². The molecule has 1 nitrogen and oxygen atoms in total. The maximum atomic E-state index is 5.23. The molecule has 0 heterocycles. The zero-order chi connectivity index (χ0) is 12.8. The van der Waals surface area contributed by atoms with Gasteiger partial charge in [0, 0.05) is 12.3 Å². The second-order valence-corrected chi connectivity index (χ2v) is 5.00. The Labute approximate surface area is 113 Å². The first kappa shape index (κ1) is 14.1. The maximum Gasteiger partial charge on any atom is 0.133 e. The monoisotopic (exact) mass is 294 g/mol.